The van der Waals surface area contributed by atoms with Gasteiger partial charge in [-0.05, 0) is 5.18 Å². The van der Waals surface area contributed by atoms with Crippen molar-refractivity contribution in [1.82, 2.24) is 9.97 Å². The number of thiol groups is 1. The highest BCUT2D eigenvalue weighted by Gasteiger charge is 2.09. The van der Waals surface area contributed by atoms with Crippen LogP contribution in [0, 0.1) is 4.91 Å². The molecule has 1 rings (SSSR count). The van der Waals surface area contributed by atoms with E-state index in [2.05, 4.69) is 27.8 Å². The minimum absolute atomic E-state index is 0.0125. The molecule has 64 valence electrons. The topological polar surface area (TPSA) is 107 Å². The van der Waals surface area contributed by atoms with E-state index in [4.69, 9.17) is 11.5 Å². The Labute approximate surface area is 73.8 Å². The minimum atomic E-state index is -0.0125. The van der Waals surface area contributed by atoms with Crippen molar-refractivity contribution in [2.45, 2.75) is 5.75 Å². The molecule has 6 nitrogen and oxygen atoms in total. The summed E-state index contributed by atoms with van der Waals surface area (Å²) in [5.74, 6) is 0.253. The fraction of sp³-hybridized carbons (Fsp3) is 0.200. The van der Waals surface area contributed by atoms with E-state index in [0.717, 1.165) is 0 Å². The molecule has 7 heteroatoms. The Kier molecular flexibility index (Phi) is 2.44. The lowest BCUT2D eigenvalue weighted by Crippen LogP contribution is -2.02. The summed E-state index contributed by atoms with van der Waals surface area (Å²) in [5.41, 5.74) is 11.0. The van der Waals surface area contributed by atoms with Crippen molar-refractivity contribution in [3.63, 3.8) is 0 Å². The monoisotopic (exact) mass is 185 g/mol. The summed E-state index contributed by atoms with van der Waals surface area (Å²) in [6.45, 7) is 0. The molecule has 0 aliphatic rings. The first-order valence-corrected chi connectivity index (χ1v) is 3.68. The van der Waals surface area contributed by atoms with Crippen LogP contribution in [0.4, 0.5) is 17.5 Å². The summed E-state index contributed by atoms with van der Waals surface area (Å²) in [7, 11) is 0. The van der Waals surface area contributed by atoms with Crippen molar-refractivity contribution >= 4 is 30.1 Å². The number of rotatable bonds is 2. The molecule has 0 spiro atoms. The lowest BCUT2D eigenvalue weighted by Gasteiger charge is -2.02. The molecule has 0 aliphatic carbocycles. The average molecular weight is 185 g/mol. The third-order valence-corrected chi connectivity index (χ3v) is 1.54. The maximum atomic E-state index is 10.2. The predicted octanol–water partition coefficient (Wildman–Crippen LogP) is 0.469. The van der Waals surface area contributed by atoms with E-state index in [0.29, 0.717) is 5.69 Å². The molecule has 0 bridgehead atoms. The van der Waals surface area contributed by atoms with E-state index >= 15 is 0 Å². The fourth-order valence-corrected chi connectivity index (χ4v) is 0.971. The summed E-state index contributed by atoms with van der Waals surface area (Å²) >= 11 is 3.93. The maximum Gasteiger partial charge on any atom is 0.222 e. The van der Waals surface area contributed by atoms with E-state index in [1.165, 1.54) is 0 Å². The van der Waals surface area contributed by atoms with Gasteiger partial charge in [-0.2, -0.15) is 17.6 Å². The third-order valence-electron chi connectivity index (χ3n) is 1.24. The Morgan fingerprint density at radius 1 is 1.42 bits per heavy atom. The molecule has 0 unspecified atom stereocenters. The largest absolute Gasteiger partial charge is 0.382 e. The number of nitrogens with zero attached hydrogens (tertiary/aromatic N) is 3. The average Bonchev–Trinajstić information content (AvgIpc) is 2.03. The van der Waals surface area contributed by atoms with Crippen molar-refractivity contribution in [2.24, 2.45) is 5.18 Å². The predicted molar refractivity (Wildman–Crippen MR) is 49.0 cm³/mol. The molecule has 0 atom stereocenters. The minimum Gasteiger partial charge on any atom is -0.382 e. The molecule has 0 aliphatic heterocycles. The van der Waals surface area contributed by atoms with Gasteiger partial charge in [0.2, 0.25) is 5.95 Å². The molecule has 0 saturated carbocycles. The summed E-state index contributed by atoms with van der Waals surface area (Å²) in [5, 5.41) is 2.68. The molecule has 12 heavy (non-hydrogen) atoms. The molecule has 0 radical (unpaired) electrons. The van der Waals surface area contributed by atoms with E-state index < -0.39 is 0 Å². The van der Waals surface area contributed by atoms with Crippen LogP contribution in [0.2, 0.25) is 0 Å². The van der Waals surface area contributed by atoms with Crippen LogP contribution in [-0.2, 0) is 5.75 Å². The van der Waals surface area contributed by atoms with E-state index in [1.807, 2.05) is 0 Å². The van der Waals surface area contributed by atoms with Crippen molar-refractivity contribution in [1.29, 1.82) is 0 Å². The first-order chi connectivity index (χ1) is 5.69. The molecule has 0 saturated heterocycles. The zero-order valence-electron chi connectivity index (χ0n) is 6.06. The van der Waals surface area contributed by atoms with Gasteiger partial charge in [0.25, 0.3) is 0 Å². The van der Waals surface area contributed by atoms with E-state index in [-0.39, 0.29) is 23.2 Å². The van der Waals surface area contributed by atoms with Crippen molar-refractivity contribution in [3.8, 4) is 0 Å². The molecule has 1 aromatic heterocycles. The van der Waals surface area contributed by atoms with Crippen LogP contribution < -0.4 is 11.5 Å². The van der Waals surface area contributed by atoms with Gasteiger partial charge in [-0.15, -0.1) is 4.91 Å². The van der Waals surface area contributed by atoms with Gasteiger partial charge < -0.3 is 11.5 Å². The van der Waals surface area contributed by atoms with Crippen LogP contribution in [0.3, 0.4) is 0 Å². The van der Waals surface area contributed by atoms with Crippen LogP contribution in [-0.4, -0.2) is 9.97 Å². The molecule has 1 heterocycles. The van der Waals surface area contributed by atoms with Gasteiger partial charge in [0, 0.05) is 5.75 Å². The van der Waals surface area contributed by atoms with Gasteiger partial charge in [-0.25, -0.2) is 4.98 Å². The normalized spacial score (nSPS) is 9.75. The highest BCUT2D eigenvalue weighted by molar-refractivity contribution is 7.79. The second-order valence-electron chi connectivity index (χ2n) is 2.01. The van der Waals surface area contributed by atoms with Gasteiger partial charge in [0.15, 0.2) is 11.5 Å². The summed E-state index contributed by atoms with van der Waals surface area (Å²) < 4.78 is 0. The van der Waals surface area contributed by atoms with Crippen molar-refractivity contribution in [2.75, 3.05) is 11.5 Å². The standard InChI is InChI=1S/C5H7N5OS/c6-4-3(10-11)2(1-12)8-5(7)9-4/h12H,1H2,(H4,6,7,8,9). The lowest BCUT2D eigenvalue weighted by atomic mass is 10.3. The lowest BCUT2D eigenvalue weighted by molar-refractivity contribution is 1.10. The highest BCUT2D eigenvalue weighted by atomic mass is 32.1. The van der Waals surface area contributed by atoms with Crippen LogP contribution >= 0.6 is 12.6 Å². The Morgan fingerprint density at radius 2 is 2.08 bits per heavy atom. The Hall–Kier alpha value is -1.37. The maximum absolute atomic E-state index is 10.2. The van der Waals surface area contributed by atoms with Crippen molar-refractivity contribution < 1.29 is 0 Å². The number of hydrogen-bond acceptors (Lipinski definition) is 7. The molecular weight excluding hydrogens is 178 g/mol. The van der Waals surface area contributed by atoms with Crippen molar-refractivity contribution in [3.05, 3.63) is 10.6 Å². The summed E-state index contributed by atoms with van der Waals surface area (Å²) in [6.07, 6.45) is 0. The fourth-order valence-electron chi connectivity index (χ4n) is 0.750. The summed E-state index contributed by atoms with van der Waals surface area (Å²) in [6, 6.07) is 0. The van der Waals surface area contributed by atoms with Crippen LogP contribution in [0.25, 0.3) is 0 Å². The number of nitroso groups, excluding NO2 is 1. The number of hydrogen-bond donors (Lipinski definition) is 3. The first kappa shape index (κ1) is 8.72. The number of nitrogen functional groups attached to an aromatic ring is 2. The molecule has 0 amide bonds. The zero-order valence-corrected chi connectivity index (χ0v) is 6.95. The molecule has 4 N–H and O–H groups in total. The summed E-state index contributed by atoms with van der Waals surface area (Å²) in [4.78, 5) is 17.5. The van der Waals surface area contributed by atoms with Gasteiger partial charge >= 0.3 is 0 Å². The second kappa shape index (κ2) is 3.35. The SMILES string of the molecule is Nc1nc(N)c(N=O)c(CS)n1. The third kappa shape index (κ3) is 1.45. The van der Waals surface area contributed by atoms with Gasteiger partial charge in [-0.1, -0.05) is 0 Å². The van der Waals surface area contributed by atoms with E-state index in [9.17, 15) is 4.91 Å². The zero-order chi connectivity index (χ0) is 9.14. The Bertz CT molecular complexity index is 315. The van der Waals surface area contributed by atoms with Gasteiger partial charge in [0.05, 0.1) is 5.69 Å². The van der Waals surface area contributed by atoms with Crippen LogP contribution in [0.5, 0.6) is 0 Å². The molecular formula is C5H7N5OS. The number of nitrogens with two attached hydrogens (primary N) is 2. The Morgan fingerprint density at radius 3 is 2.58 bits per heavy atom. The first-order valence-electron chi connectivity index (χ1n) is 3.05. The number of anilines is 2. The van der Waals surface area contributed by atoms with E-state index in [1.54, 1.807) is 0 Å². The van der Waals surface area contributed by atoms with Gasteiger partial charge in [0.1, 0.15) is 0 Å². The van der Waals surface area contributed by atoms with Gasteiger partial charge in [-0.3, -0.25) is 0 Å². The van der Waals surface area contributed by atoms with Crippen LogP contribution in [0.1, 0.15) is 5.69 Å². The highest BCUT2D eigenvalue weighted by Crippen LogP contribution is 2.25. The Balaban J connectivity index is 3.33. The molecule has 0 fully saturated rings. The van der Waals surface area contributed by atoms with Crippen LogP contribution in [0.15, 0.2) is 5.18 Å². The second-order valence-corrected chi connectivity index (χ2v) is 2.33. The number of aromatic nitrogens is 2. The smallest absolute Gasteiger partial charge is 0.222 e. The molecule has 1 aromatic rings. The quantitative estimate of drug-likeness (QED) is 0.458. The molecule has 0 aromatic carbocycles.